The molecule has 1 heterocycles. The number of urea groups is 1. The largest absolute Gasteiger partial charge is 0.338 e. The molecule has 5 heteroatoms. The second kappa shape index (κ2) is 4.71. The topological polar surface area (TPSA) is 54.0 Å². The van der Waals surface area contributed by atoms with Crippen LogP contribution in [0.2, 0.25) is 0 Å². The maximum atomic E-state index is 11.4. The van der Waals surface area contributed by atoms with Crippen molar-refractivity contribution < 1.29 is 4.79 Å². The monoisotopic (exact) mass is 249 g/mol. The highest BCUT2D eigenvalue weighted by Crippen LogP contribution is 2.28. The number of hydrogen-bond acceptors (Lipinski definition) is 3. The van der Waals surface area contributed by atoms with Crippen molar-refractivity contribution in [3.8, 4) is 0 Å². The predicted molar refractivity (Wildman–Crippen MR) is 71.8 cm³/mol. The van der Waals surface area contributed by atoms with Crippen LogP contribution in [0.25, 0.3) is 10.2 Å². The second-order valence-electron chi connectivity index (χ2n) is 3.91. The maximum Gasteiger partial charge on any atom is 0.321 e. The molecule has 0 unspecified atom stereocenters. The number of nitrogens with one attached hydrogen (secondary N) is 2. The van der Waals surface area contributed by atoms with Gasteiger partial charge in [0.05, 0.1) is 10.2 Å². The average molecular weight is 249 g/mol. The van der Waals surface area contributed by atoms with Crippen molar-refractivity contribution >= 4 is 32.7 Å². The highest BCUT2D eigenvalue weighted by Gasteiger charge is 2.07. The zero-order valence-corrected chi connectivity index (χ0v) is 10.9. The molecule has 0 spiro atoms. The van der Waals surface area contributed by atoms with E-state index in [1.165, 1.54) is 22.5 Å². The average Bonchev–Trinajstić information content (AvgIpc) is 2.60. The Morgan fingerprint density at radius 3 is 2.76 bits per heavy atom. The number of nitrogens with zero attached hydrogens (tertiary/aromatic N) is 1. The second-order valence-corrected chi connectivity index (χ2v) is 4.94. The normalized spacial score (nSPS) is 10.5. The minimum atomic E-state index is -0.208. The Bertz CT molecular complexity index is 523. The third-order valence-electron chi connectivity index (χ3n) is 2.56. The van der Waals surface area contributed by atoms with Crippen molar-refractivity contribution in [2.75, 3.05) is 11.9 Å². The van der Waals surface area contributed by atoms with E-state index in [9.17, 15) is 4.79 Å². The summed E-state index contributed by atoms with van der Waals surface area (Å²) >= 11 is 1.49. The van der Waals surface area contributed by atoms with Crippen LogP contribution in [0.5, 0.6) is 0 Å². The first-order valence-electron chi connectivity index (χ1n) is 5.52. The van der Waals surface area contributed by atoms with E-state index in [1.807, 2.05) is 13.0 Å². The molecule has 90 valence electrons. The molecule has 1 aromatic heterocycles. The van der Waals surface area contributed by atoms with Crippen molar-refractivity contribution in [1.29, 1.82) is 0 Å². The fourth-order valence-electron chi connectivity index (χ4n) is 1.54. The number of aryl methyl sites for hydroxylation is 2. The fourth-order valence-corrected chi connectivity index (χ4v) is 2.48. The lowest BCUT2D eigenvalue weighted by molar-refractivity contribution is 0.252. The molecule has 0 radical (unpaired) electrons. The zero-order valence-electron chi connectivity index (χ0n) is 10.1. The van der Waals surface area contributed by atoms with Crippen molar-refractivity contribution in [2.24, 2.45) is 0 Å². The first kappa shape index (κ1) is 11.9. The van der Waals surface area contributed by atoms with Gasteiger partial charge in [-0.1, -0.05) is 11.3 Å². The summed E-state index contributed by atoms with van der Waals surface area (Å²) in [4.78, 5) is 15.8. The van der Waals surface area contributed by atoms with Gasteiger partial charge in [0.25, 0.3) is 0 Å². The van der Waals surface area contributed by atoms with Gasteiger partial charge in [-0.2, -0.15) is 0 Å². The Hall–Kier alpha value is -1.62. The van der Waals surface area contributed by atoms with E-state index in [0.717, 1.165) is 10.2 Å². The number of amides is 2. The highest BCUT2D eigenvalue weighted by molar-refractivity contribution is 7.22. The van der Waals surface area contributed by atoms with Gasteiger partial charge < -0.3 is 5.32 Å². The van der Waals surface area contributed by atoms with Gasteiger partial charge in [0, 0.05) is 6.54 Å². The van der Waals surface area contributed by atoms with Gasteiger partial charge in [-0.3, -0.25) is 5.32 Å². The Labute approximate surface area is 104 Å². The van der Waals surface area contributed by atoms with Crippen LogP contribution in [0.1, 0.15) is 18.1 Å². The van der Waals surface area contributed by atoms with E-state index in [-0.39, 0.29) is 6.03 Å². The number of thiazole rings is 1. The maximum absolute atomic E-state index is 11.4. The number of anilines is 1. The molecule has 0 saturated heterocycles. The molecule has 0 atom stereocenters. The summed E-state index contributed by atoms with van der Waals surface area (Å²) in [6.07, 6.45) is 0. The Morgan fingerprint density at radius 2 is 2.06 bits per heavy atom. The molecule has 2 aromatic rings. The van der Waals surface area contributed by atoms with Gasteiger partial charge in [0.1, 0.15) is 0 Å². The standard InChI is InChI=1S/C12H15N3OS/c1-4-13-11(16)15-12-14-9-5-7(2)8(3)6-10(9)17-12/h5-6H,4H2,1-3H3,(H2,13,14,15,16). The fraction of sp³-hybridized carbons (Fsp3) is 0.333. The van der Waals surface area contributed by atoms with E-state index in [1.54, 1.807) is 0 Å². The first-order chi connectivity index (χ1) is 8.10. The minimum absolute atomic E-state index is 0.208. The van der Waals surface area contributed by atoms with Gasteiger partial charge in [0.2, 0.25) is 0 Å². The summed E-state index contributed by atoms with van der Waals surface area (Å²) in [5.41, 5.74) is 3.39. The van der Waals surface area contributed by atoms with Crippen LogP contribution in [-0.4, -0.2) is 17.6 Å². The van der Waals surface area contributed by atoms with Crippen molar-refractivity contribution in [1.82, 2.24) is 10.3 Å². The number of rotatable bonds is 2. The van der Waals surface area contributed by atoms with E-state index in [2.05, 4.69) is 35.5 Å². The summed E-state index contributed by atoms with van der Waals surface area (Å²) in [5, 5.41) is 6.04. The summed E-state index contributed by atoms with van der Waals surface area (Å²) < 4.78 is 1.10. The summed E-state index contributed by atoms with van der Waals surface area (Å²) in [5.74, 6) is 0. The van der Waals surface area contributed by atoms with Crippen molar-refractivity contribution in [2.45, 2.75) is 20.8 Å². The summed E-state index contributed by atoms with van der Waals surface area (Å²) in [6, 6.07) is 3.94. The Morgan fingerprint density at radius 1 is 1.35 bits per heavy atom. The zero-order chi connectivity index (χ0) is 12.4. The lowest BCUT2D eigenvalue weighted by atomic mass is 10.1. The van der Waals surface area contributed by atoms with Gasteiger partial charge in [-0.05, 0) is 44.0 Å². The van der Waals surface area contributed by atoms with Gasteiger partial charge in [-0.25, -0.2) is 9.78 Å². The molecule has 0 bridgehead atoms. The van der Waals surface area contributed by atoms with Gasteiger partial charge >= 0.3 is 6.03 Å². The van der Waals surface area contributed by atoms with Crippen LogP contribution in [0.15, 0.2) is 12.1 Å². The molecule has 1 aromatic carbocycles. The molecule has 2 N–H and O–H groups in total. The molecule has 0 aliphatic carbocycles. The number of benzene rings is 1. The number of carbonyl (C=O) groups is 1. The van der Waals surface area contributed by atoms with Crippen LogP contribution in [0.4, 0.5) is 9.93 Å². The highest BCUT2D eigenvalue weighted by atomic mass is 32.1. The molecular formula is C12H15N3OS. The summed E-state index contributed by atoms with van der Waals surface area (Å²) in [6.45, 7) is 6.62. The molecule has 17 heavy (non-hydrogen) atoms. The van der Waals surface area contributed by atoms with Crippen LogP contribution in [0, 0.1) is 13.8 Å². The Kier molecular flexibility index (Phi) is 3.28. The van der Waals surface area contributed by atoms with Gasteiger partial charge in [-0.15, -0.1) is 0 Å². The van der Waals surface area contributed by atoms with Gasteiger partial charge in [0.15, 0.2) is 5.13 Å². The third-order valence-corrected chi connectivity index (χ3v) is 3.50. The number of carbonyl (C=O) groups excluding carboxylic acids is 1. The Balaban J connectivity index is 2.29. The van der Waals surface area contributed by atoms with Crippen molar-refractivity contribution in [3.63, 3.8) is 0 Å². The quantitative estimate of drug-likeness (QED) is 0.859. The molecule has 2 rings (SSSR count). The van der Waals surface area contributed by atoms with Crippen molar-refractivity contribution in [3.05, 3.63) is 23.3 Å². The van der Waals surface area contributed by atoms with E-state index >= 15 is 0 Å². The molecular weight excluding hydrogens is 234 g/mol. The van der Waals surface area contributed by atoms with Crippen LogP contribution in [-0.2, 0) is 0 Å². The molecule has 0 saturated carbocycles. The van der Waals surface area contributed by atoms with E-state index in [0.29, 0.717) is 11.7 Å². The SMILES string of the molecule is CCNC(=O)Nc1nc2cc(C)c(C)cc2s1. The minimum Gasteiger partial charge on any atom is -0.338 e. The number of fused-ring (bicyclic) bond motifs is 1. The predicted octanol–water partition coefficient (Wildman–Crippen LogP) is 3.05. The lowest BCUT2D eigenvalue weighted by Gasteiger charge is -2.00. The third kappa shape index (κ3) is 2.55. The smallest absolute Gasteiger partial charge is 0.321 e. The molecule has 0 fully saturated rings. The van der Waals surface area contributed by atoms with Crippen LogP contribution >= 0.6 is 11.3 Å². The molecule has 4 nitrogen and oxygen atoms in total. The molecule has 0 aliphatic heterocycles. The molecule has 0 aliphatic rings. The summed E-state index contributed by atoms with van der Waals surface area (Å²) in [7, 11) is 0. The van der Waals surface area contributed by atoms with Crippen LogP contribution in [0.3, 0.4) is 0 Å². The van der Waals surface area contributed by atoms with E-state index < -0.39 is 0 Å². The first-order valence-corrected chi connectivity index (χ1v) is 6.34. The lowest BCUT2D eigenvalue weighted by Crippen LogP contribution is -2.28. The number of hydrogen-bond donors (Lipinski definition) is 2. The number of aromatic nitrogens is 1. The van der Waals surface area contributed by atoms with E-state index in [4.69, 9.17) is 0 Å². The van der Waals surface area contributed by atoms with Crippen LogP contribution < -0.4 is 10.6 Å². The molecule has 2 amide bonds.